The second-order valence-corrected chi connectivity index (χ2v) is 6.42. The van der Waals surface area contributed by atoms with Crippen molar-refractivity contribution in [2.24, 2.45) is 5.41 Å². The maximum atomic E-state index is 12.4. The number of hydrogen-bond acceptors (Lipinski definition) is 4. The van der Waals surface area contributed by atoms with Crippen LogP contribution in [-0.2, 0) is 11.2 Å². The van der Waals surface area contributed by atoms with Crippen LogP contribution in [0.25, 0.3) is 0 Å². The molecule has 2 saturated heterocycles. The van der Waals surface area contributed by atoms with Gasteiger partial charge in [-0.25, -0.2) is 0 Å². The van der Waals surface area contributed by atoms with E-state index in [9.17, 15) is 14.9 Å². The SMILES string of the molecule is O=C(Cc1ccc([N+](=O)[O-])cc1)N1CCC2(CCNCC2)C1. The molecule has 0 unspecified atom stereocenters. The summed E-state index contributed by atoms with van der Waals surface area (Å²) < 4.78 is 0. The zero-order valence-electron chi connectivity index (χ0n) is 12.6. The highest BCUT2D eigenvalue weighted by Gasteiger charge is 2.40. The molecule has 0 aliphatic carbocycles. The number of piperidine rings is 1. The van der Waals surface area contributed by atoms with Crippen LogP contribution in [0.3, 0.4) is 0 Å². The first-order chi connectivity index (χ1) is 10.6. The monoisotopic (exact) mass is 303 g/mol. The lowest BCUT2D eigenvalue weighted by atomic mass is 9.78. The second kappa shape index (κ2) is 6.04. The zero-order valence-corrected chi connectivity index (χ0v) is 12.6. The van der Waals surface area contributed by atoms with E-state index in [2.05, 4.69) is 5.32 Å². The van der Waals surface area contributed by atoms with Crippen molar-refractivity contribution in [1.29, 1.82) is 0 Å². The number of amides is 1. The lowest BCUT2D eigenvalue weighted by Crippen LogP contribution is -2.40. The standard InChI is InChI=1S/C16H21N3O3/c20-15(11-13-1-3-14(4-2-13)19(21)22)18-10-7-16(12-18)5-8-17-9-6-16/h1-4,17H,5-12H2. The van der Waals surface area contributed by atoms with Crippen LogP contribution in [0.1, 0.15) is 24.8 Å². The van der Waals surface area contributed by atoms with Gasteiger partial charge in [-0.15, -0.1) is 0 Å². The van der Waals surface area contributed by atoms with E-state index in [0.717, 1.165) is 51.0 Å². The van der Waals surface area contributed by atoms with Crippen LogP contribution in [0.5, 0.6) is 0 Å². The number of nitrogens with one attached hydrogen (secondary N) is 1. The molecule has 2 aliphatic rings. The molecule has 22 heavy (non-hydrogen) atoms. The van der Waals surface area contributed by atoms with Crippen LogP contribution >= 0.6 is 0 Å². The Hall–Kier alpha value is -1.95. The number of carbonyl (C=O) groups excluding carboxylic acids is 1. The third kappa shape index (κ3) is 3.11. The van der Waals surface area contributed by atoms with Crippen LogP contribution in [0.15, 0.2) is 24.3 Å². The number of nitrogens with zero attached hydrogens (tertiary/aromatic N) is 2. The lowest BCUT2D eigenvalue weighted by Gasteiger charge is -2.33. The third-order valence-electron chi connectivity index (χ3n) is 4.96. The molecular weight excluding hydrogens is 282 g/mol. The topological polar surface area (TPSA) is 75.5 Å². The minimum absolute atomic E-state index is 0.0611. The van der Waals surface area contributed by atoms with Gasteiger partial charge in [-0.05, 0) is 43.3 Å². The Balaban J connectivity index is 1.59. The van der Waals surface area contributed by atoms with Crippen LogP contribution in [0.2, 0.25) is 0 Å². The largest absolute Gasteiger partial charge is 0.342 e. The lowest BCUT2D eigenvalue weighted by molar-refractivity contribution is -0.384. The molecule has 1 aromatic rings. The van der Waals surface area contributed by atoms with Gasteiger partial charge in [-0.2, -0.15) is 0 Å². The van der Waals surface area contributed by atoms with Crippen molar-refractivity contribution < 1.29 is 9.72 Å². The Morgan fingerprint density at radius 3 is 2.55 bits per heavy atom. The molecule has 0 saturated carbocycles. The van der Waals surface area contributed by atoms with Crippen LogP contribution in [-0.4, -0.2) is 41.9 Å². The van der Waals surface area contributed by atoms with E-state index < -0.39 is 4.92 Å². The van der Waals surface area contributed by atoms with Crippen molar-refractivity contribution in [2.75, 3.05) is 26.2 Å². The van der Waals surface area contributed by atoms with Gasteiger partial charge < -0.3 is 10.2 Å². The molecular formula is C16H21N3O3. The molecule has 2 heterocycles. The Morgan fingerprint density at radius 1 is 1.23 bits per heavy atom. The molecule has 0 atom stereocenters. The van der Waals surface area contributed by atoms with Crippen molar-refractivity contribution in [3.8, 4) is 0 Å². The van der Waals surface area contributed by atoms with Crippen LogP contribution < -0.4 is 5.32 Å². The molecule has 3 rings (SSSR count). The van der Waals surface area contributed by atoms with Crippen LogP contribution in [0.4, 0.5) is 5.69 Å². The molecule has 6 nitrogen and oxygen atoms in total. The number of nitro benzene ring substituents is 1. The van der Waals surface area contributed by atoms with E-state index in [1.807, 2.05) is 4.90 Å². The molecule has 1 N–H and O–H groups in total. The summed E-state index contributed by atoms with van der Waals surface area (Å²) in [5, 5.41) is 14.0. The first kappa shape index (κ1) is 15.0. The minimum Gasteiger partial charge on any atom is -0.342 e. The molecule has 0 radical (unpaired) electrons. The van der Waals surface area contributed by atoms with Gasteiger partial charge in [0.1, 0.15) is 0 Å². The highest BCUT2D eigenvalue weighted by Crippen LogP contribution is 2.38. The highest BCUT2D eigenvalue weighted by atomic mass is 16.6. The normalized spacial score (nSPS) is 20.3. The van der Waals surface area contributed by atoms with Crippen molar-refractivity contribution in [2.45, 2.75) is 25.7 Å². The van der Waals surface area contributed by atoms with E-state index in [4.69, 9.17) is 0 Å². The summed E-state index contributed by atoms with van der Waals surface area (Å²) in [5.41, 5.74) is 1.21. The third-order valence-corrected chi connectivity index (χ3v) is 4.96. The molecule has 6 heteroatoms. The number of carbonyl (C=O) groups is 1. The molecule has 2 aliphatic heterocycles. The first-order valence-corrected chi connectivity index (χ1v) is 7.80. The summed E-state index contributed by atoms with van der Waals surface area (Å²) >= 11 is 0. The molecule has 118 valence electrons. The van der Waals surface area contributed by atoms with Gasteiger partial charge in [-0.1, -0.05) is 12.1 Å². The first-order valence-electron chi connectivity index (χ1n) is 7.80. The van der Waals surface area contributed by atoms with Crippen molar-refractivity contribution in [1.82, 2.24) is 10.2 Å². The van der Waals surface area contributed by atoms with Crippen molar-refractivity contribution >= 4 is 11.6 Å². The fraction of sp³-hybridized carbons (Fsp3) is 0.562. The van der Waals surface area contributed by atoms with E-state index in [0.29, 0.717) is 11.8 Å². The number of benzene rings is 1. The minimum atomic E-state index is -0.424. The zero-order chi connectivity index (χ0) is 15.6. The Bertz CT molecular complexity index is 565. The smallest absolute Gasteiger partial charge is 0.269 e. The summed E-state index contributed by atoms with van der Waals surface area (Å²) in [4.78, 5) is 24.6. The summed E-state index contributed by atoms with van der Waals surface area (Å²) in [5.74, 6) is 0.129. The Morgan fingerprint density at radius 2 is 1.91 bits per heavy atom. The van der Waals surface area contributed by atoms with Gasteiger partial charge in [0.25, 0.3) is 5.69 Å². The molecule has 0 aromatic heterocycles. The molecule has 1 aromatic carbocycles. The van der Waals surface area contributed by atoms with Gasteiger partial charge in [0.15, 0.2) is 0 Å². The average Bonchev–Trinajstić information content (AvgIpc) is 2.92. The fourth-order valence-corrected chi connectivity index (χ4v) is 3.54. The van der Waals surface area contributed by atoms with Crippen LogP contribution in [0, 0.1) is 15.5 Å². The molecule has 2 fully saturated rings. The van der Waals surface area contributed by atoms with Gasteiger partial charge in [-0.3, -0.25) is 14.9 Å². The van der Waals surface area contributed by atoms with Gasteiger partial charge >= 0.3 is 0 Å². The average molecular weight is 303 g/mol. The number of rotatable bonds is 3. The highest BCUT2D eigenvalue weighted by molar-refractivity contribution is 5.79. The molecule has 1 amide bonds. The molecule has 0 bridgehead atoms. The second-order valence-electron chi connectivity index (χ2n) is 6.42. The fourth-order valence-electron chi connectivity index (χ4n) is 3.54. The summed E-state index contributed by atoms with van der Waals surface area (Å²) in [7, 11) is 0. The van der Waals surface area contributed by atoms with Gasteiger partial charge in [0.2, 0.25) is 5.91 Å². The maximum Gasteiger partial charge on any atom is 0.269 e. The van der Waals surface area contributed by atoms with Crippen molar-refractivity contribution in [3.63, 3.8) is 0 Å². The number of non-ortho nitro benzene ring substituents is 1. The summed E-state index contributed by atoms with van der Waals surface area (Å²) in [6.45, 7) is 3.79. The molecule has 1 spiro atoms. The summed E-state index contributed by atoms with van der Waals surface area (Å²) in [6.07, 6.45) is 3.72. The van der Waals surface area contributed by atoms with E-state index in [1.165, 1.54) is 12.1 Å². The van der Waals surface area contributed by atoms with E-state index in [1.54, 1.807) is 12.1 Å². The van der Waals surface area contributed by atoms with Gasteiger partial charge in [0.05, 0.1) is 11.3 Å². The number of nitro groups is 1. The van der Waals surface area contributed by atoms with Crippen molar-refractivity contribution in [3.05, 3.63) is 39.9 Å². The van der Waals surface area contributed by atoms with E-state index >= 15 is 0 Å². The Labute approximate surface area is 129 Å². The van der Waals surface area contributed by atoms with Gasteiger partial charge in [0, 0.05) is 25.2 Å². The maximum absolute atomic E-state index is 12.4. The number of likely N-dealkylation sites (tertiary alicyclic amines) is 1. The summed E-state index contributed by atoms with van der Waals surface area (Å²) in [6, 6.07) is 6.26. The predicted molar refractivity (Wildman–Crippen MR) is 82.5 cm³/mol. The number of hydrogen-bond donors (Lipinski definition) is 1. The predicted octanol–water partition coefficient (Wildman–Crippen LogP) is 1.74. The Kier molecular flexibility index (Phi) is 4.11. The van der Waals surface area contributed by atoms with E-state index in [-0.39, 0.29) is 11.6 Å². The quantitative estimate of drug-likeness (QED) is 0.681.